The lowest BCUT2D eigenvalue weighted by Crippen LogP contribution is -2.17. The van der Waals surface area contributed by atoms with E-state index in [2.05, 4.69) is 31.4 Å². The van der Waals surface area contributed by atoms with Crippen LogP contribution in [0.15, 0.2) is 46.1 Å². The van der Waals surface area contributed by atoms with Gasteiger partial charge in [-0.15, -0.1) is 0 Å². The molecule has 0 aliphatic heterocycles. The van der Waals surface area contributed by atoms with E-state index < -0.39 is 0 Å². The fourth-order valence-electron chi connectivity index (χ4n) is 1.50. The number of ether oxygens (including phenoxy) is 1. The van der Waals surface area contributed by atoms with E-state index in [9.17, 15) is 4.79 Å². The summed E-state index contributed by atoms with van der Waals surface area (Å²) in [6.45, 7) is 0. The molecule has 1 aromatic carbocycles. The van der Waals surface area contributed by atoms with Gasteiger partial charge < -0.3 is 9.72 Å². The van der Waals surface area contributed by atoms with Crippen LogP contribution in [0, 0.1) is 0 Å². The summed E-state index contributed by atoms with van der Waals surface area (Å²) < 4.78 is 6.11. The van der Waals surface area contributed by atoms with Gasteiger partial charge in [0.2, 0.25) is 0 Å². The minimum atomic E-state index is -0.296. The molecule has 6 heteroatoms. The number of nitrogens with zero attached hydrogens (tertiary/aromatic N) is 1. The second-order valence-electron chi connectivity index (χ2n) is 3.67. The first-order valence-electron chi connectivity index (χ1n) is 5.51. The molecule has 0 fully saturated rings. The number of benzene rings is 1. The zero-order chi connectivity index (χ0) is 13.7. The largest absolute Gasteiger partial charge is 0.496 e. The number of hydrogen-bond donors (Lipinski definition) is 2. The third-order valence-electron chi connectivity index (χ3n) is 2.40. The number of rotatable bonds is 4. The molecular weight excluding hydrogens is 310 g/mol. The van der Waals surface area contributed by atoms with Crippen molar-refractivity contribution in [1.82, 2.24) is 10.4 Å². The molecule has 0 bridgehead atoms. The van der Waals surface area contributed by atoms with Crippen molar-refractivity contribution in [1.29, 1.82) is 0 Å². The Morgan fingerprint density at radius 2 is 2.32 bits per heavy atom. The Kier molecular flexibility index (Phi) is 4.35. The van der Waals surface area contributed by atoms with Crippen molar-refractivity contribution in [2.45, 2.75) is 0 Å². The number of halogens is 1. The van der Waals surface area contributed by atoms with Gasteiger partial charge in [0.05, 0.1) is 13.3 Å². The minimum Gasteiger partial charge on any atom is -0.496 e. The van der Waals surface area contributed by atoms with E-state index in [0.29, 0.717) is 11.4 Å². The molecule has 0 radical (unpaired) electrons. The molecule has 2 aromatic rings. The minimum absolute atomic E-state index is 0.296. The average molecular weight is 322 g/mol. The number of hydrogen-bond acceptors (Lipinski definition) is 3. The van der Waals surface area contributed by atoms with Crippen molar-refractivity contribution in [3.63, 3.8) is 0 Å². The maximum absolute atomic E-state index is 11.6. The number of aromatic amines is 1. The molecule has 19 heavy (non-hydrogen) atoms. The summed E-state index contributed by atoms with van der Waals surface area (Å²) in [5, 5.41) is 3.90. The number of methoxy groups -OCH3 is 1. The van der Waals surface area contributed by atoms with Crippen LogP contribution in [0.2, 0.25) is 0 Å². The molecule has 0 unspecified atom stereocenters. The highest BCUT2D eigenvalue weighted by atomic mass is 79.9. The van der Waals surface area contributed by atoms with Gasteiger partial charge in [0.1, 0.15) is 11.4 Å². The Balaban J connectivity index is 2.07. The van der Waals surface area contributed by atoms with Crippen molar-refractivity contribution >= 4 is 28.1 Å². The van der Waals surface area contributed by atoms with Crippen LogP contribution in [0.1, 0.15) is 16.1 Å². The quantitative estimate of drug-likeness (QED) is 0.671. The van der Waals surface area contributed by atoms with Gasteiger partial charge in [0.15, 0.2) is 0 Å². The summed E-state index contributed by atoms with van der Waals surface area (Å²) in [7, 11) is 1.58. The molecule has 0 atom stereocenters. The van der Waals surface area contributed by atoms with Gasteiger partial charge in [-0.05, 0) is 30.3 Å². The molecule has 1 aromatic heterocycles. The summed E-state index contributed by atoms with van der Waals surface area (Å²) >= 11 is 3.37. The number of hydrazone groups is 1. The van der Waals surface area contributed by atoms with E-state index in [-0.39, 0.29) is 5.91 Å². The lowest BCUT2D eigenvalue weighted by atomic mass is 10.2. The zero-order valence-corrected chi connectivity index (χ0v) is 11.8. The molecule has 0 saturated heterocycles. The molecule has 5 nitrogen and oxygen atoms in total. The normalized spacial score (nSPS) is 10.6. The van der Waals surface area contributed by atoms with Crippen LogP contribution in [0.3, 0.4) is 0 Å². The van der Waals surface area contributed by atoms with Crippen LogP contribution in [0.25, 0.3) is 0 Å². The summed E-state index contributed by atoms with van der Waals surface area (Å²) in [6.07, 6.45) is 3.21. The predicted octanol–water partition coefficient (Wildman–Crippen LogP) is 2.55. The first-order valence-corrected chi connectivity index (χ1v) is 6.30. The average Bonchev–Trinajstić information content (AvgIpc) is 2.93. The lowest BCUT2D eigenvalue weighted by Gasteiger charge is -2.04. The smallest absolute Gasteiger partial charge is 0.287 e. The van der Waals surface area contributed by atoms with Crippen molar-refractivity contribution in [2.24, 2.45) is 5.10 Å². The Labute approximate surface area is 118 Å². The van der Waals surface area contributed by atoms with E-state index in [4.69, 9.17) is 4.74 Å². The number of carbonyl (C=O) groups is 1. The molecule has 0 aliphatic carbocycles. The van der Waals surface area contributed by atoms with Gasteiger partial charge >= 0.3 is 0 Å². The van der Waals surface area contributed by atoms with Gasteiger partial charge in [0, 0.05) is 16.2 Å². The fourth-order valence-corrected chi connectivity index (χ4v) is 1.88. The van der Waals surface area contributed by atoms with Crippen molar-refractivity contribution < 1.29 is 9.53 Å². The standard InChI is InChI=1S/C13H12BrN3O2/c1-19-12-5-4-10(14)7-9(12)8-16-17-13(18)11-3-2-6-15-11/h2-8,15H,1H3,(H,17,18)/b16-8-. The van der Waals surface area contributed by atoms with Crippen LogP contribution < -0.4 is 10.2 Å². The van der Waals surface area contributed by atoms with E-state index in [0.717, 1.165) is 10.0 Å². The molecule has 0 aliphatic rings. The van der Waals surface area contributed by atoms with Crippen LogP contribution in [0.5, 0.6) is 5.75 Å². The molecule has 2 rings (SSSR count). The highest BCUT2D eigenvalue weighted by Gasteiger charge is 2.04. The highest BCUT2D eigenvalue weighted by Crippen LogP contribution is 2.21. The molecule has 1 heterocycles. The van der Waals surface area contributed by atoms with Crippen molar-refractivity contribution in [2.75, 3.05) is 7.11 Å². The van der Waals surface area contributed by atoms with Crippen LogP contribution >= 0.6 is 15.9 Å². The third kappa shape index (κ3) is 3.45. The van der Waals surface area contributed by atoms with Gasteiger partial charge in [-0.3, -0.25) is 4.79 Å². The van der Waals surface area contributed by atoms with Crippen molar-refractivity contribution in [3.05, 3.63) is 52.3 Å². The summed E-state index contributed by atoms with van der Waals surface area (Å²) in [5.41, 5.74) is 3.66. The van der Waals surface area contributed by atoms with Crippen molar-refractivity contribution in [3.8, 4) is 5.75 Å². The van der Waals surface area contributed by atoms with E-state index in [1.807, 2.05) is 18.2 Å². The predicted molar refractivity (Wildman–Crippen MR) is 76.5 cm³/mol. The number of carbonyl (C=O) groups excluding carboxylic acids is 1. The number of aromatic nitrogens is 1. The monoisotopic (exact) mass is 321 g/mol. The summed E-state index contributed by atoms with van der Waals surface area (Å²) in [6, 6.07) is 8.95. The molecule has 0 saturated carbocycles. The Morgan fingerprint density at radius 3 is 3.00 bits per heavy atom. The van der Waals surface area contributed by atoms with E-state index >= 15 is 0 Å². The number of nitrogens with one attached hydrogen (secondary N) is 2. The Morgan fingerprint density at radius 1 is 1.47 bits per heavy atom. The Bertz CT molecular complexity index is 594. The Hall–Kier alpha value is -2.08. The zero-order valence-electron chi connectivity index (χ0n) is 10.2. The van der Waals surface area contributed by atoms with Gasteiger partial charge in [-0.2, -0.15) is 5.10 Å². The van der Waals surface area contributed by atoms with Gasteiger partial charge in [-0.1, -0.05) is 15.9 Å². The van der Waals surface area contributed by atoms with Gasteiger partial charge in [-0.25, -0.2) is 5.43 Å². The lowest BCUT2D eigenvalue weighted by molar-refractivity contribution is 0.0951. The van der Waals surface area contributed by atoms with Gasteiger partial charge in [0.25, 0.3) is 5.91 Å². The molecule has 2 N–H and O–H groups in total. The van der Waals surface area contributed by atoms with E-state index in [1.165, 1.54) is 6.21 Å². The first kappa shape index (κ1) is 13.4. The van der Waals surface area contributed by atoms with Crippen LogP contribution in [0.4, 0.5) is 0 Å². The summed E-state index contributed by atoms with van der Waals surface area (Å²) in [5.74, 6) is 0.385. The maximum Gasteiger partial charge on any atom is 0.287 e. The van der Waals surface area contributed by atoms with Crippen LogP contribution in [-0.2, 0) is 0 Å². The maximum atomic E-state index is 11.6. The molecule has 98 valence electrons. The topological polar surface area (TPSA) is 66.5 Å². The first-order chi connectivity index (χ1) is 9.20. The number of amides is 1. The number of H-pyrrole nitrogens is 1. The highest BCUT2D eigenvalue weighted by molar-refractivity contribution is 9.10. The molecule has 1 amide bonds. The second kappa shape index (κ2) is 6.19. The van der Waals surface area contributed by atoms with E-state index in [1.54, 1.807) is 25.4 Å². The SMILES string of the molecule is COc1ccc(Br)cc1/C=N\NC(=O)c1ccc[nH]1. The fraction of sp³-hybridized carbons (Fsp3) is 0.0769. The third-order valence-corrected chi connectivity index (χ3v) is 2.90. The van der Waals surface area contributed by atoms with Crippen LogP contribution in [-0.4, -0.2) is 24.2 Å². The molecular formula is C13H12BrN3O2. The molecule has 0 spiro atoms. The second-order valence-corrected chi connectivity index (χ2v) is 4.58. The summed E-state index contributed by atoms with van der Waals surface area (Å²) in [4.78, 5) is 14.4.